The van der Waals surface area contributed by atoms with Crippen molar-refractivity contribution in [1.29, 1.82) is 0 Å². The minimum atomic E-state index is 0.0286. The number of pyridine rings is 1. The van der Waals surface area contributed by atoms with Gasteiger partial charge in [0, 0.05) is 40.6 Å². The van der Waals surface area contributed by atoms with Gasteiger partial charge in [0.1, 0.15) is 11.3 Å². The Hall–Kier alpha value is -3.57. The van der Waals surface area contributed by atoms with Crippen LogP contribution in [0.15, 0.2) is 71.4 Å². The van der Waals surface area contributed by atoms with Crippen molar-refractivity contribution in [3.8, 4) is 11.3 Å². The summed E-state index contributed by atoms with van der Waals surface area (Å²) >= 11 is 0. The number of benzene rings is 2. The molecule has 0 spiro atoms. The molecule has 0 amide bonds. The van der Waals surface area contributed by atoms with Crippen LogP contribution in [0.3, 0.4) is 0 Å². The topological polar surface area (TPSA) is 74.1 Å². The predicted molar refractivity (Wildman–Crippen MR) is 112 cm³/mol. The first-order chi connectivity index (χ1) is 13.7. The fourth-order valence-corrected chi connectivity index (χ4v) is 3.52. The number of aromatic nitrogens is 2. The van der Waals surface area contributed by atoms with Crippen LogP contribution in [-0.2, 0) is 6.61 Å². The maximum absolute atomic E-state index is 9.22. The van der Waals surface area contributed by atoms with E-state index in [-0.39, 0.29) is 6.61 Å². The molecule has 3 aromatic heterocycles. The van der Waals surface area contributed by atoms with Gasteiger partial charge in [-0.3, -0.25) is 4.98 Å². The summed E-state index contributed by atoms with van der Waals surface area (Å²) in [6.45, 7) is 2.13. The monoisotopic (exact) mass is 369 g/mol. The molecule has 138 valence electrons. The summed E-state index contributed by atoms with van der Waals surface area (Å²) in [5.41, 5.74) is 7.54. The lowest BCUT2D eigenvalue weighted by atomic mass is 10.1. The average Bonchev–Trinajstić information content (AvgIpc) is 3.38. The van der Waals surface area contributed by atoms with Crippen molar-refractivity contribution in [3.05, 3.63) is 78.1 Å². The Morgan fingerprint density at radius 3 is 2.71 bits per heavy atom. The lowest BCUT2D eigenvalue weighted by Gasteiger charge is -2.10. The zero-order valence-corrected chi connectivity index (χ0v) is 15.4. The number of aryl methyl sites for hydroxylation is 1. The van der Waals surface area contributed by atoms with Crippen LogP contribution in [0, 0.1) is 6.92 Å². The van der Waals surface area contributed by atoms with Crippen LogP contribution in [0.25, 0.3) is 33.3 Å². The van der Waals surface area contributed by atoms with E-state index in [0.717, 1.165) is 44.9 Å². The Balaban J connectivity index is 1.55. The minimum Gasteiger partial charge on any atom is -0.452 e. The maximum atomic E-state index is 9.22. The van der Waals surface area contributed by atoms with E-state index in [2.05, 4.69) is 40.4 Å². The molecule has 3 heterocycles. The number of nitrogens with zero attached hydrogens (tertiary/aromatic N) is 1. The molecule has 3 N–H and O–H groups in total. The first kappa shape index (κ1) is 16.6. The lowest BCUT2D eigenvalue weighted by Crippen LogP contribution is -1.94. The third kappa shape index (κ3) is 2.73. The minimum absolute atomic E-state index is 0.0286. The molecule has 28 heavy (non-hydrogen) atoms. The zero-order valence-electron chi connectivity index (χ0n) is 15.4. The number of aromatic amines is 1. The van der Waals surface area contributed by atoms with E-state index in [4.69, 9.17) is 4.42 Å². The summed E-state index contributed by atoms with van der Waals surface area (Å²) < 4.78 is 6.15. The standard InChI is InChI=1S/C23H19N3O2/c1-14-17-8-10-24-19(17)7-6-18(14)26-20-9-11-25-21-12-22(28-23(20)21)16-4-2-15(13-27)3-5-16/h2-12,24,27H,13H2,1H3,(H,25,26). The predicted octanol–water partition coefficient (Wildman–Crippen LogP) is 5.52. The van der Waals surface area contributed by atoms with Gasteiger partial charge in [0.2, 0.25) is 0 Å². The average molecular weight is 369 g/mol. The van der Waals surface area contributed by atoms with E-state index < -0.39 is 0 Å². The summed E-state index contributed by atoms with van der Waals surface area (Å²) in [6, 6.07) is 17.8. The summed E-state index contributed by atoms with van der Waals surface area (Å²) in [5, 5.41) is 13.9. The number of aliphatic hydroxyl groups is 1. The number of rotatable bonds is 4. The number of H-pyrrole nitrogens is 1. The van der Waals surface area contributed by atoms with Gasteiger partial charge in [0.25, 0.3) is 0 Å². The third-order valence-electron chi connectivity index (χ3n) is 5.11. The Morgan fingerprint density at radius 2 is 1.89 bits per heavy atom. The number of furan rings is 1. The number of aliphatic hydroxyl groups excluding tert-OH is 1. The molecule has 0 atom stereocenters. The summed E-state index contributed by atoms with van der Waals surface area (Å²) in [4.78, 5) is 7.69. The molecular weight excluding hydrogens is 350 g/mol. The Kier molecular flexibility index (Phi) is 3.88. The molecule has 0 bridgehead atoms. The number of hydrogen-bond donors (Lipinski definition) is 3. The highest BCUT2D eigenvalue weighted by Crippen LogP contribution is 2.34. The fourth-order valence-electron chi connectivity index (χ4n) is 3.52. The Bertz CT molecular complexity index is 1280. The van der Waals surface area contributed by atoms with Crippen LogP contribution in [-0.4, -0.2) is 15.1 Å². The number of anilines is 2. The Labute approximate surface area is 161 Å². The smallest absolute Gasteiger partial charge is 0.176 e. The van der Waals surface area contributed by atoms with Gasteiger partial charge in [0.05, 0.1) is 12.3 Å². The first-order valence-electron chi connectivity index (χ1n) is 9.15. The van der Waals surface area contributed by atoms with Gasteiger partial charge in [-0.1, -0.05) is 24.3 Å². The highest BCUT2D eigenvalue weighted by atomic mass is 16.3. The van der Waals surface area contributed by atoms with E-state index in [0.29, 0.717) is 0 Å². The van der Waals surface area contributed by atoms with Crippen LogP contribution >= 0.6 is 0 Å². The molecule has 0 aliphatic carbocycles. The number of fused-ring (bicyclic) bond motifs is 2. The van der Waals surface area contributed by atoms with E-state index in [9.17, 15) is 5.11 Å². The van der Waals surface area contributed by atoms with Gasteiger partial charge in [-0.15, -0.1) is 0 Å². The van der Waals surface area contributed by atoms with Crippen LogP contribution < -0.4 is 5.32 Å². The van der Waals surface area contributed by atoms with Crippen molar-refractivity contribution in [2.45, 2.75) is 13.5 Å². The van der Waals surface area contributed by atoms with Crippen LogP contribution in [0.5, 0.6) is 0 Å². The SMILES string of the molecule is Cc1c(Nc2ccnc3cc(-c4ccc(CO)cc4)oc23)ccc2[nH]ccc12. The fraction of sp³-hybridized carbons (Fsp3) is 0.0870. The van der Waals surface area contributed by atoms with E-state index >= 15 is 0 Å². The molecule has 0 saturated heterocycles. The molecule has 0 aliphatic rings. The molecule has 5 aromatic rings. The second kappa shape index (κ2) is 6.55. The third-order valence-corrected chi connectivity index (χ3v) is 5.11. The Morgan fingerprint density at radius 1 is 1.04 bits per heavy atom. The van der Waals surface area contributed by atoms with Crippen molar-refractivity contribution < 1.29 is 9.52 Å². The molecule has 0 saturated carbocycles. The second-order valence-corrected chi connectivity index (χ2v) is 6.84. The first-order valence-corrected chi connectivity index (χ1v) is 9.15. The highest BCUT2D eigenvalue weighted by molar-refractivity contribution is 5.94. The number of nitrogens with one attached hydrogen (secondary N) is 2. The van der Waals surface area contributed by atoms with E-state index in [1.165, 1.54) is 10.9 Å². The molecule has 5 rings (SSSR count). The van der Waals surface area contributed by atoms with Gasteiger partial charge in [0.15, 0.2) is 5.58 Å². The van der Waals surface area contributed by atoms with Gasteiger partial charge in [-0.25, -0.2) is 0 Å². The van der Waals surface area contributed by atoms with Gasteiger partial charge >= 0.3 is 0 Å². The van der Waals surface area contributed by atoms with E-state index in [1.54, 1.807) is 6.20 Å². The van der Waals surface area contributed by atoms with Crippen molar-refractivity contribution in [2.75, 3.05) is 5.32 Å². The van der Waals surface area contributed by atoms with Crippen molar-refractivity contribution >= 4 is 33.4 Å². The summed E-state index contributed by atoms with van der Waals surface area (Å²) in [5.74, 6) is 0.749. The maximum Gasteiger partial charge on any atom is 0.176 e. The summed E-state index contributed by atoms with van der Waals surface area (Å²) in [7, 11) is 0. The molecule has 0 aliphatic heterocycles. The van der Waals surface area contributed by atoms with Gasteiger partial charge in [-0.2, -0.15) is 0 Å². The summed E-state index contributed by atoms with van der Waals surface area (Å²) in [6.07, 6.45) is 3.73. The van der Waals surface area contributed by atoms with Crippen LogP contribution in [0.1, 0.15) is 11.1 Å². The van der Waals surface area contributed by atoms with Crippen molar-refractivity contribution in [3.63, 3.8) is 0 Å². The number of hydrogen-bond acceptors (Lipinski definition) is 4. The zero-order chi connectivity index (χ0) is 19.1. The second-order valence-electron chi connectivity index (χ2n) is 6.84. The van der Waals surface area contributed by atoms with E-state index in [1.807, 2.05) is 42.6 Å². The molecule has 2 aromatic carbocycles. The quantitative estimate of drug-likeness (QED) is 0.390. The molecule has 5 heteroatoms. The molecule has 0 radical (unpaired) electrons. The van der Waals surface area contributed by atoms with Crippen LogP contribution in [0.4, 0.5) is 11.4 Å². The van der Waals surface area contributed by atoms with Gasteiger partial charge < -0.3 is 19.8 Å². The highest BCUT2D eigenvalue weighted by Gasteiger charge is 2.13. The lowest BCUT2D eigenvalue weighted by molar-refractivity contribution is 0.282. The normalized spacial score (nSPS) is 11.4. The van der Waals surface area contributed by atoms with Crippen LogP contribution in [0.2, 0.25) is 0 Å². The molecule has 0 fully saturated rings. The van der Waals surface area contributed by atoms with Crippen molar-refractivity contribution in [1.82, 2.24) is 9.97 Å². The molecular formula is C23H19N3O2. The molecule has 0 unspecified atom stereocenters. The molecule has 5 nitrogen and oxygen atoms in total. The van der Waals surface area contributed by atoms with Gasteiger partial charge in [-0.05, 0) is 42.3 Å². The van der Waals surface area contributed by atoms with Crippen molar-refractivity contribution in [2.24, 2.45) is 0 Å². The largest absolute Gasteiger partial charge is 0.452 e.